The fraction of sp³-hybridized carbons (Fsp3) is 0.889. The molecule has 0 aromatic carbocycles. The lowest BCUT2D eigenvalue weighted by Crippen LogP contribution is -2.36. The highest BCUT2D eigenvalue weighted by molar-refractivity contribution is 5.66. The van der Waals surface area contributed by atoms with Crippen LogP contribution in [0.25, 0.3) is 0 Å². The number of hydrogen-bond acceptors (Lipinski definition) is 2. The van der Waals surface area contributed by atoms with Crippen molar-refractivity contribution >= 4 is 5.97 Å². The largest absolute Gasteiger partial charge is 0.481 e. The molecule has 12 heavy (non-hydrogen) atoms. The molecule has 0 atom stereocenters. The Morgan fingerprint density at radius 3 is 2.42 bits per heavy atom. The number of aliphatic hydroxyl groups is 1. The van der Waals surface area contributed by atoms with Gasteiger partial charge in [-0.05, 0) is 32.1 Å². The molecular weight excluding hydrogens is 156 g/mol. The van der Waals surface area contributed by atoms with Gasteiger partial charge in [-0.25, -0.2) is 0 Å². The lowest BCUT2D eigenvalue weighted by molar-refractivity contribution is -0.137. The first kappa shape index (κ1) is 9.52. The van der Waals surface area contributed by atoms with E-state index in [4.69, 9.17) is 5.11 Å². The van der Waals surface area contributed by atoms with E-state index in [-0.39, 0.29) is 6.42 Å². The zero-order valence-corrected chi connectivity index (χ0v) is 7.25. The second-order valence-corrected chi connectivity index (χ2v) is 3.68. The molecule has 1 aliphatic carbocycles. The van der Waals surface area contributed by atoms with Crippen molar-refractivity contribution < 1.29 is 15.0 Å². The minimum atomic E-state index is -0.740. The average molecular weight is 172 g/mol. The predicted octanol–water partition coefficient (Wildman–Crippen LogP) is 1.55. The standard InChI is InChI=1S/C9H16O3/c10-8(11)4-1-2-5-9(12)6-3-7-9/h12H,1-7H2,(H,10,11). The molecule has 1 rings (SSSR count). The summed E-state index contributed by atoms with van der Waals surface area (Å²) in [5.74, 6) is -0.740. The predicted molar refractivity (Wildman–Crippen MR) is 44.9 cm³/mol. The smallest absolute Gasteiger partial charge is 0.303 e. The molecule has 2 N–H and O–H groups in total. The van der Waals surface area contributed by atoms with Gasteiger partial charge in [0.25, 0.3) is 0 Å². The monoisotopic (exact) mass is 172 g/mol. The van der Waals surface area contributed by atoms with Gasteiger partial charge < -0.3 is 10.2 Å². The van der Waals surface area contributed by atoms with E-state index in [1.807, 2.05) is 0 Å². The zero-order chi connectivity index (χ0) is 9.03. The highest BCUT2D eigenvalue weighted by Crippen LogP contribution is 2.35. The van der Waals surface area contributed by atoms with Crippen LogP contribution in [0.3, 0.4) is 0 Å². The summed E-state index contributed by atoms with van der Waals surface area (Å²) < 4.78 is 0. The van der Waals surface area contributed by atoms with Crippen molar-refractivity contribution in [1.82, 2.24) is 0 Å². The summed E-state index contributed by atoms with van der Waals surface area (Å²) in [6.45, 7) is 0. The van der Waals surface area contributed by atoms with Crippen LogP contribution in [-0.2, 0) is 4.79 Å². The number of carboxylic acids is 1. The molecule has 0 spiro atoms. The SMILES string of the molecule is O=C(O)CCCCC1(O)CCC1. The van der Waals surface area contributed by atoms with Crippen molar-refractivity contribution in [3.63, 3.8) is 0 Å². The molecule has 70 valence electrons. The van der Waals surface area contributed by atoms with E-state index < -0.39 is 11.6 Å². The minimum absolute atomic E-state index is 0.232. The van der Waals surface area contributed by atoms with Gasteiger partial charge in [0, 0.05) is 6.42 Å². The number of unbranched alkanes of at least 4 members (excludes halogenated alkanes) is 1. The van der Waals surface area contributed by atoms with Crippen molar-refractivity contribution in [3.05, 3.63) is 0 Å². The van der Waals surface area contributed by atoms with Crippen molar-refractivity contribution in [2.24, 2.45) is 0 Å². The lowest BCUT2D eigenvalue weighted by Gasteiger charge is -2.36. The third kappa shape index (κ3) is 2.81. The van der Waals surface area contributed by atoms with Gasteiger partial charge in [-0.1, -0.05) is 6.42 Å². The number of hydrogen-bond donors (Lipinski definition) is 2. The van der Waals surface area contributed by atoms with E-state index in [0.717, 1.165) is 32.1 Å². The van der Waals surface area contributed by atoms with E-state index >= 15 is 0 Å². The van der Waals surface area contributed by atoms with Crippen molar-refractivity contribution in [2.45, 2.75) is 50.5 Å². The fourth-order valence-corrected chi connectivity index (χ4v) is 1.57. The average Bonchev–Trinajstić information content (AvgIpc) is 1.94. The van der Waals surface area contributed by atoms with Gasteiger partial charge in [-0.2, -0.15) is 0 Å². The normalized spacial score (nSPS) is 20.1. The summed E-state index contributed by atoms with van der Waals surface area (Å²) in [7, 11) is 0. The number of carboxylic acid groups (broad SMARTS) is 1. The van der Waals surface area contributed by atoms with Crippen LogP contribution >= 0.6 is 0 Å². The first-order chi connectivity index (χ1) is 5.62. The summed E-state index contributed by atoms with van der Waals surface area (Å²) in [5, 5.41) is 18.0. The number of aliphatic carboxylic acids is 1. The Kier molecular flexibility index (Phi) is 3.09. The van der Waals surface area contributed by atoms with Gasteiger partial charge in [-0.15, -0.1) is 0 Å². The maximum atomic E-state index is 10.1. The fourth-order valence-electron chi connectivity index (χ4n) is 1.57. The Hall–Kier alpha value is -0.570. The first-order valence-corrected chi connectivity index (χ1v) is 4.57. The molecule has 0 aromatic rings. The second-order valence-electron chi connectivity index (χ2n) is 3.68. The third-order valence-electron chi connectivity index (χ3n) is 2.57. The summed E-state index contributed by atoms with van der Waals surface area (Å²) in [4.78, 5) is 10.1. The Morgan fingerprint density at radius 2 is 2.00 bits per heavy atom. The van der Waals surface area contributed by atoms with Gasteiger partial charge in [-0.3, -0.25) is 4.79 Å². The second kappa shape index (κ2) is 3.90. The highest BCUT2D eigenvalue weighted by atomic mass is 16.4. The van der Waals surface area contributed by atoms with Crippen LogP contribution in [-0.4, -0.2) is 21.8 Å². The Bertz CT molecular complexity index is 161. The molecule has 0 unspecified atom stereocenters. The molecular formula is C9H16O3. The molecule has 0 saturated heterocycles. The molecule has 1 fully saturated rings. The van der Waals surface area contributed by atoms with Crippen LogP contribution in [0.15, 0.2) is 0 Å². The van der Waals surface area contributed by atoms with Crippen molar-refractivity contribution in [2.75, 3.05) is 0 Å². The number of rotatable bonds is 5. The molecule has 3 nitrogen and oxygen atoms in total. The van der Waals surface area contributed by atoms with Gasteiger partial charge in [0.15, 0.2) is 0 Å². The van der Waals surface area contributed by atoms with Crippen LogP contribution in [0.1, 0.15) is 44.9 Å². The van der Waals surface area contributed by atoms with Crippen molar-refractivity contribution in [3.8, 4) is 0 Å². The van der Waals surface area contributed by atoms with Crippen molar-refractivity contribution in [1.29, 1.82) is 0 Å². The highest BCUT2D eigenvalue weighted by Gasteiger charge is 2.33. The van der Waals surface area contributed by atoms with E-state index in [9.17, 15) is 9.90 Å². The molecule has 0 aromatic heterocycles. The molecule has 0 radical (unpaired) electrons. The Labute approximate surface area is 72.4 Å². The molecule has 3 heteroatoms. The van der Waals surface area contributed by atoms with Crippen LogP contribution < -0.4 is 0 Å². The molecule has 1 aliphatic rings. The van der Waals surface area contributed by atoms with E-state index in [2.05, 4.69) is 0 Å². The lowest BCUT2D eigenvalue weighted by atomic mass is 9.77. The van der Waals surface area contributed by atoms with Crippen LogP contribution in [0.5, 0.6) is 0 Å². The van der Waals surface area contributed by atoms with Gasteiger partial charge >= 0.3 is 5.97 Å². The summed E-state index contributed by atoms with van der Waals surface area (Å²) >= 11 is 0. The van der Waals surface area contributed by atoms with E-state index in [1.165, 1.54) is 0 Å². The molecule has 0 amide bonds. The molecule has 0 heterocycles. The molecule has 1 saturated carbocycles. The van der Waals surface area contributed by atoms with E-state index in [0.29, 0.717) is 6.42 Å². The maximum absolute atomic E-state index is 10.1. The van der Waals surface area contributed by atoms with Gasteiger partial charge in [0.1, 0.15) is 0 Å². The van der Waals surface area contributed by atoms with Gasteiger partial charge in [0.2, 0.25) is 0 Å². The summed E-state index contributed by atoms with van der Waals surface area (Å²) in [6.07, 6.45) is 5.46. The number of carbonyl (C=O) groups is 1. The quantitative estimate of drug-likeness (QED) is 0.618. The van der Waals surface area contributed by atoms with Crippen LogP contribution in [0, 0.1) is 0 Å². The first-order valence-electron chi connectivity index (χ1n) is 4.57. The zero-order valence-electron chi connectivity index (χ0n) is 7.25. The topological polar surface area (TPSA) is 57.5 Å². The van der Waals surface area contributed by atoms with Crippen LogP contribution in [0.2, 0.25) is 0 Å². The van der Waals surface area contributed by atoms with Gasteiger partial charge in [0.05, 0.1) is 5.60 Å². The summed E-state index contributed by atoms with van der Waals surface area (Å²) in [5.41, 5.74) is -0.432. The van der Waals surface area contributed by atoms with Crippen LogP contribution in [0.4, 0.5) is 0 Å². The summed E-state index contributed by atoms with van der Waals surface area (Å²) in [6, 6.07) is 0. The van der Waals surface area contributed by atoms with E-state index in [1.54, 1.807) is 0 Å². The third-order valence-corrected chi connectivity index (χ3v) is 2.57. The Morgan fingerprint density at radius 1 is 1.33 bits per heavy atom. The molecule has 0 bridgehead atoms. The maximum Gasteiger partial charge on any atom is 0.303 e. The molecule has 0 aliphatic heterocycles. The minimum Gasteiger partial charge on any atom is -0.481 e. The Balaban J connectivity index is 1.98.